The van der Waals surface area contributed by atoms with Crippen molar-refractivity contribution in [2.75, 3.05) is 20.1 Å². The number of hydrogen-bond donors (Lipinski definition) is 0. The molecule has 0 heterocycles. The minimum absolute atomic E-state index is 0.793. The molecule has 1 aromatic rings. The van der Waals surface area contributed by atoms with Crippen molar-refractivity contribution in [2.24, 2.45) is 0 Å². The largest absolute Gasteiger partial charge is 0.306 e. The SMILES string of the molecule is CCCCCCCCN(C)CC1Cc2ccccc21. The molecule has 0 fully saturated rings. The molecule has 0 bridgehead atoms. The molecule has 0 aliphatic heterocycles. The molecule has 1 unspecified atom stereocenters. The molecule has 1 aliphatic rings. The molecule has 0 N–H and O–H groups in total. The summed E-state index contributed by atoms with van der Waals surface area (Å²) in [4.78, 5) is 2.53. The van der Waals surface area contributed by atoms with Gasteiger partial charge in [-0.2, -0.15) is 0 Å². The number of rotatable bonds is 9. The van der Waals surface area contributed by atoms with Crippen molar-refractivity contribution in [2.45, 2.75) is 57.8 Å². The first-order valence-corrected chi connectivity index (χ1v) is 8.07. The van der Waals surface area contributed by atoms with Gasteiger partial charge < -0.3 is 4.90 Å². The summed E-state index contributed by atoms with van der Waals surface area (Å²) < 4.78 is 0. The van der Waals surface area contributed by atoms with Gasteiger partial charge in [0.25, 0.3) is 0 Å². The maximum atomic E-state index is 2.53. The summed E-state index contributed by atoms with van der Waals surface area (Å²) in [6, 6.07) is 8.93. The van der Waals surface area contributed by atoms with Crippen molar-refractivity contribution in [1.29, 1.82) is 0 Å². The van der Waals surface area contributed by atoms with Gasteiger partial charge in [0.15, 0.2) is 0 Å². The van der Waals surface area contributed by atoms with Crippen molar-refractivity contribution < 1.29 is 0 Å². The Morgan fingerprint density at radius 1 is 1.05 bits per heavy atom. The lowest BCUT2D eigenvalue weighted by molar-refractivity contribution is 0.291. The van der Waals surface area contributed by atoms with Gasteiger partial charge in [-0.25, -0.2) is 0 Å². The summed E-state index contributed by atoms with van der Waals surface area (Å²) in [6.45, 7) is 4.79. The van der Waals surface area contributed by atoms with Crippen LogP contribution in [-0.4, -0.2) is 25.0 Å². The summed E-state index contributed by atoms with van der Waals surface area (Å²) >= 11 is 0. The van der Waals surface area contributed by atoms with E-state index in [1.165, 1.54) is 58.0 Å². The second-order valence-corrected chi connectivity index (χ2v) is 6.13. The normalized spacial score (nSPS) is 17.3. The maximum Gasteiger partial charge on any atom is 0.00505 e. The van der Waals surface area contributed by atoms with Crippen LogP contribution in [0.4, 0.5) is 0 Å². The molecule has 0 radical (unpaired) electrons. The van der Waals surface area contributed by atoms with E-state index >= 15 is 0 Å². The first-order valence-electron chi connectivity index (χ1n) is 8.07. The molecule has 0 spiro atoms. The standard InChI is InChI=1S/C18H29N/c1-3-4-5-6-7-10-13-19(2)15-17-14-16-11-8-9-12-18(16)17/h8-9,11-12,17H,3-7,10,13-15H2,1-2H3. The molecule has 19 heavy (non-hydrogen) atoms. The van der Waals surface area contributed by atoms with Crippen molar-refractivity contribution >= 4 is 0 Å². The average molecular weight is 259 g/mol. The van der Waals surface area contributed by atoms with Gasteiger partial charge in [0.05, 0.1) is 0 Å². The highest BCUT2D eigenvalue weighted by atomic mass is 15.1. The van der Waals surface area contributed by atoms with Gasteiger partial charge in [-0.15, -0.1) is 0 Å². The summed E-state index contributed by atoms with van der Waals surface area (Å²) in [5, 5.41) is 0. The molecule has 1 heteroatoms. The topological polar surface area (TPSA) is 3.24 Å². The Balaban J connectivity index is 1.57. The Kier molecular flexibility index (Phi) is 5.91. The molecule has 106 valence electrons. The highest BCUT2D eigenvalue weighted by Gasteiger charge is 2.25. The zero-order chi connectivity index (χ0) is 13.5. The molecule has 0 saturated carbocycles. The lowest BCUT2D eigenvalue weighted by atomic mass is 9.77. The van der Waals surface area contributed by atoms with Crippen LogP contribution in [0.25, 0.3) is 0 Å². The third-order valence-corrected chi connectivity index (χ3v) is 4.39. The zero-order valence-electron chi connectivity index (χ0n) is 12.7. The smallest absolute Gasteiger partial charge is 0.00505 e. The fourth-order valence-corrected chi connectivity index (χ4v) is 3.16. The van der Waals surface area contributed by atoms with E-state index in [-0.39, 0.29) is 0 Å². The van der Waals surface area contributed by atoms with Crippen LogP contribution in [0.2, 0.25) is 0 Å². The summed E-state index contributed by atoms with van der Waals surface area (Å²) in [5.74, 6) is 0.793. The second-order valence-electron chi connectivity index (χ2n) is 6.13. The molecule has 1 nitrogen and oxygen atoms in total. The number of unbranched alkanes of at least 4 members (excludes halogenated alkanes) is 5. The number of benzene rings is 1. The Bertz CT molecular complexity index is 372. The second kappa shape index (κ2) is 7.69. The van der Waals surface area contributed by atoms with E-state index < -0.39 is 0 Å². The number of likely N-dealkylation sites (N-methyl/N-ethyl adjacent to an activating group) is 1. The van der Waals surface area contributed by atoms with E-state index in [0.717, 1.165) is 5.92 Å². The minimum Gasteiger partial charge on any atom is -0.306 e. The monoisotopic (exact) mass is 259 g/mol. The number of nitrogens with zero attached hydrogens (tertiary/aromatic N) is 1. The van der Waals surface area contributed by atoms with Crippen molar-refractivity contribution in [3.8, 4) is 0 Å². The highest BCUT2D eigenvalue weighted by molar-refractivity contribution is 5.40. The molecular formula is C18H29N. The molecule has 1 aromatic carbocycles. The predicted octanol–water partition coefficient (Wildman–Crippen LogP) is 4.62. The van der Waals surface area contributed by atoms with Crippen LogP contribution >= 0.6 is 0 Å². The Labute approximate surface area is 119 Å². The summed E-state index contributed by atoms with van der Waals surface area (Å²) in [7, 11) is 2.28. The average Bonchev–Trinajstić information content (AvgIpc) is 2.40. The molecule has 1 aliphatic carbocycles. The molecule has 2 rings (SSSR count). The van der Waals surface area contributed by atoms with Crippen LogP contribution in [0.1, 0.15) is 62.5 Å². The lowest BCUT2D eigenvalue weighted by Crippen LogP contribution is -2.31. The van der Waals surface area contributed by atoms with Gasteiger partial charge >= 0.3 is 0 Å². The summed E-state index contributed by atoms with van der Waals surface area (Å²) in [5.41, 5.74) is 3.16. The van der Waals surface area contributed by atoms with Crippen LogP contribution in [0, 0.1) is 0 Å². The van der Waals surface area contributed by atoms with E-state index in [1.54, 1.807) is 11.1 Å². The van der Waals surface area contributed by atoms with Crippen LogP contribution in [0.3, 0.4) is 0 Å². The Morgan fingerprint density at radius 2 is 1.79 bits per heavy atom. The van der Waals surface area contributed by atoms with Crippen LogP contribution in [0.15, 0.2) is 24.3 Å². The van der Waals surface area contributed by atoms with Gasteiger partial charge in [-0.3, -0.25) is 0 Å². The van der Waals surface area contributed by atoms with E-state index in [0.29, 0.717) is 0 Å². The van der Waals surface area contributed by atoms with Gasteiger partial charge in [0, 0.05) is 12.5 Å². The lowest BCUT2D eigenvalue weighted by Gasteiger charge is -2.33. The first kappa shape index (κ1) is 14.6. The zero-order valence-corrected chi connectivity index (χ0v) is 12.7. The third-order valence-electron chi connectivity index (χ3n) is 4.39. The van der Waals surface area contributed by atoms with Crippen LogP contribution < -0.4 is 0 Å². The quantitative estimate of drug-likeness (QED) is 0.585. The predicted molar refractivity (Wildman–Crippen MR) is 83.8 cm³/mol. The van der Waals surface area contributed by atoms with Crippen molar-refractivity contribution in [1.82, 2.24) is 4.90 Å². The molecular weight excluding hydrogens is 230 g/mol. The Hall–Kier alpha value is -0.820. The van der Waals surface area contributed by atoms with Crippen LogP contribution in [0.5, 0.6) is 0 Å². The minimum atomic E-state index is 0.793. The van der Waals surface area contributed by atoms with E-state index in [9.17, 15) is 0 Å². The van der Waals surface area contributed by atoms with E-state index in [1.807, 2.05) is 0 Å². The third kappa shape index (κ3) is 4.35. The van der Waals surface area contributed by atoms with Crippen molar-refractivity contribution in [3.05, 3.63) is 35.4 Å². The van der Waals surface area contributed by atoms with Gasteiger partial charge in [-0.05, 0) is 37.6 Å². The first-order chi connectivity index (χ1) is 9.31. The highest BCUT2D eigenvalue weighted by Crippen LogP contribution is 2.35. The molecule has 0 saturated heterocycles. The number of fused-ring (bicyclic) bond motifs is 1. The summed E-state index contributed by atoms with van der Waals surface area (Å²) in [6.07, 6.45) is 9.68. The van der Waals surface area contributed by atoms with Gasteiger partial charge in [0.1, 0.15) is 0 Å². The fraction of sp³-hybridized carbons (Fsp3) is 0.667. The molecule has 0 amide bonds. The van der Waals surface area contributed by atoms with Gasteiger partial charge in [-0.1, -0.05) is 63.3 Å². The van der Waals surface area contributed by atoms with E-state index in [2.05, 4.69) is 43.1 Å². The Morgan fingerprint density at radius 3 is 2.58 bits per heavy atom. The van der Waals surface area contributed by atoms with Crippen LogP contribution in [-0.2, 0) is 6.42 Å². The maximum absolute atomic E-state index is 2.53. The molecule has 1 atom stereocenters. The van der Waals surface area contributed by atoms with Crippen molar-refractivity contribution in [3.63, 3.8) is 0 Å². The van der Waals surface area contributed by atoms with Gasteiger partial charge in [0.2, 0.25) is 0 Å². The fourth-order valence-electron chi connectivity index (χ4n) is 3.16. The van der Waals surface area contributed by atoms with E-state index in [4.69, 9.17) is 0 Å². The number of hydrogen-bond acceptors (Lipinski definition) is 1. The molecule has 0 aromatic heterocycles.